The first-order valence-electron chi connectivity index (χ1n) is 5.51. The predicted octanol–water partition coefficient (Wildman–Crippen LogP) is 1.42. The number of amides is 1. The van der Waals surface area contributed by atoms with Gasteiger partial charge < -0.3 is 11.1 Å². The van der Waals surface area contributed by atoms with Gasteiger partial charge in [-0.15, -0.1) is 0 Å². The Kier molecular flexibility index (Phi) is 3.93. The third kappa shape index (κ3) is 4.09. The van der Waals surface area contributed by atoms with E-state index in [4.69, 9.17) is 5.73 Å². The van der Waals surface area contributed by atoms with Crippen LogP contribution in [-0.2, 0) is 4.79 Å². The number of carbonyl (C=O) groups excluding carboxylic acids is 1. The number of rotatable bonds is 3. The molecule has 3 N–H and O–H groups in total. The fourth-order valence-electron chi connectivity index (χ4n) is 2.11. The SMILES string of the molecule is CC1(C)CCCC(NCC(N)=O)CC1. The summed E-state index contributed by atoms with van der Waals surface area (Å²) in [6.45, 7) is 4.97. The molecule has 3 heteroatoms. The lowest BCUT2D eigenvalue weighted by molar-refractivity contribution is -0.117. The van der Waals surface area contributed by atoms with Crippen molar-refractivity contribution in [3.63, 3.8) is 0 Å². The van der Waals surface area contributed by atoms with Crippen LogP contribution in [0.3, 0.4) is 0 Å². The minimum atomic E-state index is -0.256. The van der Waals surface area contributed by atoms with E-state index in [1.807, 2.05) is 0 Å². The molecule has 1 amide bonds. The lowest BCUT2D eigenvalue weighted by Crippen LogP contribution is -2.36. The first-order chi connectivity index (χ1) is 6.49. The summed E-state index contributed by atoms with van der Waals surface area (Å²) in [7, 11) is 0. The Bertz CT molecular complexity index is 201. The maximum atomic E-state index is 10.6. The van der Waals surface area contributed by atoms with E-state index in [0.717, 1.165) is 0 Å². The van der Waals surface area contributed by atoms with E-state index in [-0.39, 0.29) is 5.91 Å². The van der Waals surface area contributed by atoms with Crippen molar-refractivity contribution in [2.75, 3.05) is 6.54 Å². The maximum Gasteiger partial charge on any atom is 0.231 e. The summed E-state index contributed by atoms with van der Waals surface area (Å²) in [4.78, 5) is 10.6. The molecule has 0 aromatic rings. The third-order valence-electron chi connectivity index (χ3n) is 3.14. The number of carbonyl (C=O) groups is 1. The molecule has 14 heavy (non-hydrogen) atoms. The molecular weight excluding hydrogens is 176 g/mol. The molecule has 1 rings (SSSR count). The zero-order valence-electron chi connectivity index (χ0n) is 9.31. The van der Waals surface area contributed by atoms with Gasteiger partial charge in [-0.3, -0.25) is 4.79 Å². The van der Waals surface area contributed by atoms with Crippen LogP contribution in [0, 0.1) is 5.41 Å². The molecule has 0 heterocycles. The Balaban J connectivity index is 2.31. The van der Waals surface area contributed by atoms with Gasteiger partial charge in [0.15, 0.2) is 0 Å². The topological polar surface area (TPSA) is 55.1 Å². The lowest BCUT2D eigenvalue weighted by Gasteiger charge is -2.22. The molecule has 1 unspecified atom stereocenters. The maximum absolute atomic E-state index is 10.6. The van der Waals surface area contributed by atoms with Crippen molar-refractivity contribution < 1.29 is 4.79 Å². The van der Waals surface area contributed by atoms with Crippen LogP contribution in [-0.4, -0.2) is 18.5 Å². The molecule has 1 fully saturated rings. The highest BCUT2D eigenvalue weighted by Crippen LogP contribution is 2.33. The first kappa shape index (κ1) is 11.5. The van der Waals surface area contributed by atoms with Crippen LogP contribution in [0.5, 0.6) is 0 Å². The summed E-state index contributed by atoms with van der Waals surface area (Å²) >= 11 is 0. The van der Waals surface area contributed by atoms with Gasteiger partial charge in [0.25, 0.3) is 0 Å². The molecule has 1 saturated carbocycles. The van der Waals surface area contributed by atoms with Crippen molar-refractivity contribution in [3.8, 4) is 0 Å². The quantitative estimate of drug-likeness (QED) is 0.674. The number of nitrogens with two attached hydrogens (primary N) is 1. The molecule has 0 bridgehead atoms. The molecule has 0 aromatic carbocycles. The highest BCUT2D eigenvalue weighted by Gasteiger charge is 2.23. The van der Waals surface area contributed by atoms with Crippen molar-refractivity contribution >= 4 is 5.91 Å². The molecule has 0 aliphatic heterocycles. The van der Waals surface area contributed by atoms with Crippen LogP contribution in [0.2, 0.25) is 0 Å². The standard InChI is InChI=1S/C11H22N2O/c1-11(2)6-3-4-9(5-7-11)13-8-10(12)14/h9,13H,3-8H2,1-2H3,(H2,12,14). The predicted molar refractivity (Wildman–Crippen MR) is 57.9 cm³/mol. The highest BCUT2D eigenvalue weighted by atomic mass is 16.1. The summed E-state index contributed by atoms with van der Waals surface area (Å²) in [6.07, 6.45) is 6.13. The molecule has 1 aliphatic carbocycles. The lowest BCUT2D eigenvalue weighted by atomic mass is 9.85. The van der Waals surface area contributed by atoms with E-state index in [1.165, 1.54) is 32.1 Å². The average Bonchev–Trinajstić information content (AvgIpc) is 2.23. The molecule has 0 aromatic heterocycles. The van der Waals surface area contributed by atoms with Gasteiger partial charge in [-0.2, -0.15) is 0 Å². The number of nitrogens with one attached hydrogen (secondary N) is 1. The highest BCUT2D eigenvalue weighted by molar-refractivity contribution is 5.75. The first-order valence-corrected chi connectivity index (χ1v) is 5.51. The van der Waals surface area contributed by atoms with Crippen LogP contribution < -0.4 is 11.1 Å². The number of primary amides is 1. The Morgan fingerprint density at radius 2 is 2.14 bits per heavy atom. The van der Waals surface area contributed by atoms with Gasteiger partial charge in [0.1, 0.15) is 0 Å². The van der Waals surface area contributed by atoms with Crippen LogP contribution in [0.4, 0.5) is 0 Å². The van der Waals surface area contributed by atoms with Crippen molar-refractivity contribution in [1.29, 1.82) is 0 Å². The summed E-state index contributed by atoms with van der Waals surface area (Å²) in [5.41, 5.74) is 5.58. The van der Waals surface area contributed by atoms with Crippen LogP contribution in [0.1, 0.15) is 46.0 Å². The van der Waals surface area contributed by atoms with Gasteiger partial charge in [0.05, 0.1) is 6.54 Å². The Morgan fingerprint density at radius 1 is 1.43 bits per heavy atom. The number of hydrogen-bond acceptors (Lipinski definition) is 2. The zero-order chi connectivity index (χ0) is 10.6. The van der Waals surface area contributed by atoms with Crippen LogP contribution in [0.15, 0.2) is 0 Å². The van der Waals surface area contributed by atoms with Gasteiger partial charge >= 0.3 is 0 Å². The fourth-order valence-corrected chi connectivity index (χ4v) is 2.11. The van der Waals surface area contributed by atoms with E-state index in [9.17, 15) is 4.79 Å². The summed E-state index contributed by atoms with van der Waals surface area (Å²) in [5.74, 6) is -0.256. The summed E-state index contributed by atoms with van der Waals surface area (Å²) in [5, 5.41) is 3.22. The Morgan fingerprint density at radius 3 is 2.79 bits per heavy atom. The van der Waals surface area contributed by atoms with Gasteiger partial charge in [-0.1, -0.05) is 20.3 Å². The number of hydrogen-bond donors (Lipinski definition) is 2. The van der Waals surface area contributed by atoms with Gasteiger partial charge in [0, 0.05) is 6.04 Å². The van der Waals surface area contributed by atoms with Crippen molar-refractivity contribution in [1.82, 2.24) is 5.32 Å². The van der Waals surface area contributed by atoms with Crippen molar-refractivity contribution in [3.05, 3.63) is 0 Å². The molecule has 0 radical (unpaired) electrons. The van der Waals surface area contributed by atoms with Crippen LogP contribution >= 0.6 is 0 Å². The second-order valence-electron chi connectivity index (χ2n) is 5.14. The Labute approximate surface area is 86.4 Å². The molecule has 0 saturated heterocycles. The summed E-state index contributed by atoms with van der Waals surface area (Å²) < 4.78 is 0. The van der Waals surface area contributed by atoms with E-state index < -0.39 is 0 Å². The molecule has 0 spiro atoms. The second-order valence-corrected chi connectivity index (χ2v) is 5.14. The second kappa shape index (κ2) is 4.78. The van der Waals surface area contributed by atoms with Crippen molar-refractivity contribution in [2.45, 2.75) is 52.0 Å². The van der Waals surface area contributed by atoms with Gasteiger partial charge in [-0.05, 0) is 31.1 Å². The minimum Gasteiger partial charge on any atom is -0.369 e. The van der Waals surface area contributed by atoms with Crippen molar-refractivity contribution in [2.24, 2.45) is 11.1 Å². The van der Waals surface area contributed by atoms with E-state index in [0.29, 0.717) is 18.0 Å². The monoisotopic (exact) mass is 198 g/mol. The largest absolute Gasteiger partial charge is 0.369 e. The van der Waals surface area contributed by atoms with Crippen LogP contribution in [0.25, 0.3) is 0 Å². The molecule has 1 aliphatic rings. The smallest absolute Gasteiger partial charge is 0.231 e. The fraction of sp³-hybridized carbons (Fsp3) is 0.909. The molecule has 82 valence electrons. The van der Waals surface area contributed by atoms with E-state index in [2.05, 4.69) is 19.2 Å². The van der Waals surface area contributed by atoms with E-state index >= 15 is 0 Å². The molecule has 3 nitrogen and oxygen atoms in total. The summed E-state index contributed by atoms with van der Waals surface area (Å²) in [6, 6.07) is 0.490. The third-order valence-corrected chi connectivity index (χ3v) is 3.14. The van der Waals surface area contributed by atoms with Gasteiger partial charge in [-0.25, -0.2) is 0 Å². The Hall–Kier alpha value is -0.570. The zero-order valence-corrected chi connectivity index (χ0v) is 9.31. The minimum absolute atomic E-state index is 0.256. The van der Waals surface area contributed by atoms with Gasteiger partial charge in [0.2, 0.25) is 5.91 Å². The normalized spacial score (nSPS) is 26.9. The molecular formula is C11H22N2O. The van der Waals surface area contributed by atoms with E-state index in [1.54, 1.807) is 0 Å². The average molecular weight is 198 g/mol. The molecule has 1 atom stereocenters.